The Balaban J connectivity index is 0.000000980. The molecule has 4 heteroatoms. The van der Waals surface area contributed by atoms with Crippen molar-refractivity contribution in [2.45, 2.75) is 18.9 Å². The van der Waals surface area contributed by atoms with Crippen molar-refractivity contribution in [1.82, 2.24) is 0 Å². The number of nitrogens with two attached hydrogens (primary N) is 1. The van der Waals surface area contributed by atoms with E-state index in [2.05, 4.69) is 0 Å². The van der Waals surface area contributed by atoms with Gasteiger partial charge in [-0.05, 0) is 30.4 Å². The van der Waals surface area contributed by atoms with Crippen LogP contribution in [0.4, 0.5) is 4.39 Å². The van der Waals surface area contributed by atoms with Crippen LogP contribution < -0.4 is 5.73 Å². The summed E-state index contributed by atoms with van der Waals surface area (Å²) in [6.07, 6.45) is 2.27. The van der Waals surface area contributed by atoms with Crippen molar-refractivity contribution in [2.75, 3.05) is 0 Å². The number of rotatable bonds is 2. The van der Waals surface area contributed by atoms with Gasteiger partial charge in [0.2, 0.25) is 0 Å². The first-order chi connectivity index (χ1) is 6.20. The number of hydrogen-bond acceptors (Lipinski definition) is 1. The van der Waals surface area contributed by atoms with Crippen molar-refractivity contribution >= 4 is 24.0 Å². The third-order valence-electron chi connectivity index (χ3n) is 2.47. The van der Waals surface area contributed by atoms with E-state index in [1.165, 1.54) is 6.07 Å². The first-order valence-corrected chi connectivity index (χ1v) is 4.77. The van der Waals surface area contributed by atoms with Crippen LogP contribution in [0.3, 0.4) is 0 Å². The van der Waals surface area contributed by atoms with Gasteiger partial charge in [-0.3, -0.25) is 0 Å². The van der Waals surface area contributed by atoms with Crippen LogP contribution in [0.15, 0.2) is 18.2 Å². The van der Waals surface area contributed by atoms with Crippen molar-refractivity contribution in [1.29, 1.82) is 0 Å². The fourth-order valence-electron chi connectivity index (χ4n) is 1.49. The standard InChI is InChI=1S/C10H11ClFN.ClH/c11-9-7(2-1-3-8(9)12)10(13)6-4-5-6;/h1-3,6,10H,4-5,13H2;1H. The predicted molar refractivity (Wildman–Crippen MR) is 58.3 cm³/mol. The minimum atomic E-state index is -0.379. The van der Waals surface area contributed by atoms with Crippen LogP contribution in [0.1, 0.15) is 24.4 Å². The highest BCUT2D eigenvalue weighted by Crippen LogP contribution is 2.41. The van der Waals surface area contributed by atoms with Crippen LogP contribution in [0, 0.1) is 11.7 Å². The van der Waals surface area contributed by atoms with Crippen molar-refractivity contribution < 1.29 is 4.39 Å². The molecule has 0 saturated heterocycles. The Morgan fingerprint density at radius 3 is 2.64 bits per heavy atom. The zero-order chi connectivity index (χ0) is 9.42. The Morgan fingerprint density at radius 1 is 1.43 bits per heavy atom. The molecule has 0 heterocycles. The maximum absolute atomic E-state index is 13.0. The molecule has 14 heavy (non-hydrogen) atoms. The lowest BCUT2D eigenvalue weighted by molar-refractivity contribution is 0.602. The molecule has 0 aromatic heterocycles. The van der Waals surface area contributed by atoms with Crippen molar-refractivity contribution in [3.63, 3.8) is 0 Å². The molecule has 1 atom stereocenters. The van der Waals surface area contributed by atoms with Gasteiger partial charge in [-0.15, -0.1) is 12.4 Å². The molecule has 2 N–H and O–H groups in total. The van der Waals surface area contributed by atoms with E-state index in [-0.39, 0.29) is 29.3 Å². The van der Waals surface area contributed by atoms with Crippen LogP contribution in [-0.2, 0) is 0 Å². The van der Waals surface area contributed by atoms with Gasteiger partial charge in [0.1, 0.15) is 5.82 Å². The normalized spacial score (nSPS) is 17.4. The van der Waals surface area contributed by atoms with Gasteiger partial charge < -0.3 is 5.73 Å². The molecule has 1 aromatic carbocycles. The van der Waals surface area contributed by atoms with Crippen molar-refractivity contribution in [2.24, 2.45) is 11.7 Å². The summed E-state index contributed by atoms with van der Waals surface area (Å²) in [6.45, 7) is 0. The second-order valence-corrected chi connectivity index (χ2v) is 3.88. The smallest absolute Gasteiger partial charge is 0.142 e. The van der Waals surface area contributed by atoms with Crippen molar-refractivity contribution in [3.05, 3.63) is 34.6 Å². The summed E-state index contributed by atoms with van der Waals surface area (Å²) in [5.74, 6) is 0.120. The van der Waals surface area contributed by atoms with Gasteiger partial charge in [0.05, 0.1) is 5.02 Å². The molecule has 0 amide bonds. The highest BCUT2D eigenvalue weighted by molar-refractivity contribution is 6.31. The highest BCUT2D eigenvalue weighted by Gasteiger charge is 2.31. The maximum Gasteiger partial charge on any atom is 0.142 e. The van der Waals surface area contributed by atoms with E-state index in [0.717, 1.165) is 18.4 Å². The fraction of sp³-hybridized carbons (Fsp3) is 0.400. The SMILES string of the molecule is Cl.NC(c1cccc(F)c1Cl)C1CC1. The van der Waals surface area contributed by atoms with Gasteiger partial charge in [-0.25, -0.2) is 4.39 Å². The quantitative estimate of drug-likeness (QED) is 0.837. The van der Waals surface area contributed by atoms with Gasteiger partial charge in [-0.1, -0.05) is 23.7 Å². The average molecular weight is 236 g/mol. The third kappa shape index (κ3) is 2.19. The molecule has 2 rings (SSSR count). The number of halogens is 3. The van der Waals surface area contributed by atoms with Gasteiger partial charge in [0.25, 0.3) is 0 Å². The second kappa shape index (κ2) is 4.47. The predicted octanol–water partition coefficient (Wildman–Crippen LogP) is 3.31. The van der Waals surface area contributed by atoms with Crippen LogP contribution in [0.25, 0.3) is 0 Å². The molecule has 1 nitrogen and oxygen atoms in total. The molecule has 1 aliphatic rings. The summed E-state index contributed by atoms with van der Waals surface area (Å²) in [4.78, 5) is 0. The summed E-state index contributed by atoms with van der Waals surface area (Å²) in [5.41, 5.74) is 6.66. The van der Waals surface area contributed by atoms with E-state index in [1.807, 2.05) is 0 Å². The zero-order valence-electron chi connectivity index (χ0n) is 7.54. The number of hydrogen-bond donors (Lipinski definition) is 1. The largest absolute Gasteiger partial charge is 0.324 e. The van der Waals surface area contributed by atoms with E-state index in [0.29, 0.717) is 5.92 Å². The lowest BCUT2D eigenvalue weighted by Crippen LogP contribution is -2.13. The molecule has 0 aliphatic heterocycles. The van der Waals surface area contributed by atoms with E-state index in [1.54, 1.807) is 12.1 Å². The lowest BCUT2D eigenvalue weighted by atomic mass is 10.0. The van der Waals surface area contributed by atoms with Crippen LogP contribution >= 0.6 is 24.0 Å². The summed E-state index contributed by atoms with van der Waals surface area (Å²) < 4.78 is 13.0. The Hall–Kier alpha value is -0.310. The molecule has 0 radical (unpaired) electrons. The molecular weight excluding hydrogens is 224 g/mol. The topological polar surface area (TPSA) is 26.0 Å². The van der Waals surface area contributed by atoms with Gasteiger partial charge in [0.15, 0.2) is 0 Å². The van der Waals surface area contributed by atoms with Crippen LogP contribution in [0.2, 0.25) is 5.02 Å². The molecule has 1 fully saturated rings. The third-order valence-corrected chi connectivity index (χ3v) is 2.87. The monoisotopic (exact) mass is 235 g/mol. The van der Waals surface area contributed by atoms with Gasteiger partial charge in [0, 0.05) is 6.04 Å². The molecule has 1 saturated carbocycles. The van der Waals surface area contributed by atoms with Crippen LogP contribution in [0.5, 0.6) is 0 Å². The zero-order valence-corrected chi connectivity index (χ0v) is 9.11. The lowest BCUT2D eigenvalue weighted by Gasteiger charge is -2.12. The molecule has 78 valence electrons. The van der Waals surface area contributed by atoms with Gasteiger partial charge in [-0.2, -0.15) is 0 Å². The maximum atomic E-state index is 13.0. The summed E-state index contributed by atoms with van der Waals surface area (Å²) in [7, 11) is 0. The molecule has 1 aromatic rings. The first-order valence-electron chi connectivity index (χ1n) is 4.39. The summed E-state index contributed by atoms with van der Waals surface area (Å²) in [6, 6.07) is 4.71. The number of benzene rings is 1. The Bertz CT molecular complexity index is 326. The molecule has 1 unspecified atom stereocenters. The van der Waals surface area contributed by atoms with Crippen LogP contribution in [-0.4, -0.2) is 0 Å². The summed E-state index contributed by atoms with van der Waals surface area (Å²) in [5, 5.41) is 0.182. The minimum absolute atomic E-state index is 0. The van der Waals surface area contributed by atoms with E-state index >= 15 is 0 Å². The molecule has 0 spiro atoms. The highest BCUT2D eigenvalue weighted by atomic mass is 35.5. The molecule has 0 bridgehead atoms. The summed E-state index contributed by atoms with van der Waals surface area (Å²) >= 11 is 5.80. The van der Waals surface area contributed by atoms with E-state index in [9.17, 15) is 4.39 Å². The first kappa shape index (κ1) is 11.8. The fourth-order valence-corrected chi connectivity index (χ4v) is 1.74. The Kier molecular flexibility index (Phi) is 3.76. The van der Waals surface area contributed by atoms with E-state index in [4.69, 9.17) is 17.3 Å². The average Bonchev–Trinajstić information content (AvgIpc) is 2.91. The molecular formula is C10H12Cl2FN. The van der Waals surface area contributed by atoms with Gasteiger partial charge >= 0.3 is 0 Å². The Labute approximate surface area is 93.8 Å². The molecule has 1 aliphatic carbocycles. The minimum Gasteiger partial charge on any atom is -0.324 e. The van der Waals surface area contributed by atoms with Crippen molar-refractivity contribution in [3.8, 4) is 0 Å². The van der Waals surface area contributed by atoms with E-state index < -0.39 is 0 Å². The Morgan fingerprint density at radius 2 is 2.07 bits per heavy atom. The second-order valence-electron chi connectivity index (χ2n) is 3.51.